The second-order valence-electron chi connectivity index (χ2n) is 3.57. The Hall–Kier alpha value is -2.00. The van der Waals surface area contributed by atoms with Crippen LogP contribution in [0.1, 0.15) is 5.56 Å². The summed E-state index contributed by atoms with van der Waals surface area (Å²) >= 11 is 0. The summed E-state index contributed by atoms with van der Waals surface area (Å²) < 4.78 is 10.7. The Kier molecular flexibility index (Phi) is 4.00. The molecule has 0 aliphatic heterocycles. The molecule has 0 saturated heterocycles. The molecule has 2 aromatic rings. The monoisotopic (exact) mass is 229 g/mol. The highest BCUT2D eigenvalue weighted by Crippen LogP contribution is 2.16. The molecule has 0 heterocycles. The molecule has 0 unspecified atom stereocenters. The van der Waals surface area contributed by atoms with Gasteiger partial charge >= 0.3 is 0 Å². The molecular weight excluding hydrogens is 216 g/mol. The Balaban J connectivity index is 1.71. The van der Waals surface area contributed by atoms with Crippen LogP contribution < -0.4 is 4.74 Å². The second-order valence-corrected chi connectivity index (χ2v) is 3.57. The van der Waals surface area contributed by atoms with E-state index in [1.165, 1.54) is 12.1 Å². The summed E-state index contributed by atoms with van der Waals surface area (Å²) in [6, 6.07) is 16.1. The molecule has 17 heavy (non-hydrogen) atoms. The third kappa shape index (κ3) is 3.81. The van der Waals surface area contributed by atoms with Gasteiger partial charge in [-0.3, -0.25) is 5.11 Å². The molecule has 0 saturated carbocycles. The number of rotatable bonds is 5. The van der Waals surface area contributed by atoms with Crippen LogP contribution >= 0.6 is 0 Å². The SMILES string of the molecule is [O]c1ccc(OCOCc2ccccc2)cc1. The standard InChI is InChI=1S/C14H13O3/c15-13-6-8-14(9-7-13)17-11-16-10-12-4-2-1-3-5-12/h1-9H,10-11H2. The topological polar surface area (TPSA) is 38.4 Å². The van der Waals surface area contributed by atoms with E-state index >= 15 is 0 Å². The Morgan fingerprint density at radius 1 is 0.882 bits per heavy atom. The summed E-state index contributed by atoms with van der Waals surface area (Å²) in [5, 5.41) is 10.8. The maximum atomic E-state index is 10.8. The van der Waals surface area contributed by atoms with Gasteiger partial charge in [0.1, 0.15) is 5.75 Å². The van der Waals surface area contributed by atoms with Gasteiger partial charge < -0.3 is 9.47 Å². The van der Waals surface area contributed by atoms with Gasteiger partial charge in [-0.2, -0.15) is 0 Å². The minimum absolute atomic E-state index is 0.0254. The molecule has 0 atom stereocenters. The molecule has 0 amide bonds. The van der Waals surface area contributed by atoms with E-state index in [0.29, 0.717) is 12.4 Å². The van der Waals surface area contributed by atoms with E-state index in [-0.39, 0.29) is 12.5 Å². The van der Waals surface area contributed by atoms with Crippen LogP contribution in [0.3, 0.4) is 0 Å². The van der Waals surface area contributed by atoms with Crippen LogP contribution in [0.5, 0.6) is 11.5 Å². The van der Waals surface area contributed by atoms with E-state index in [4.69, 9.17) is 9.47 Å². The number of ether oxygens (including phenoxy) is 2. The molecule has 0 aliphatic carbocycles. The predicted molar refractivity (Wildman–Crippen MR) is 63.3 cm³/mol. The van der Waals surface area contributed by atoms with Gasteiger partial charge in [0, 0.05) is 0 Å². The molecular formula is C14H13O3. The van der Waals surface area contributed by atoms with E-state index in [9.17, 15) is 5.11 Å². The summed E-state index contributed by atoms with van der Waals surface area (Å²) in [6.45, 7) is 0.688. The Morgan fingerprint density at radius 2 is 1.59 bits per heavy atom. The van der Waals surface area contributed by atoms with Crippen LogP contribution in [0.4, 0.5) is 0 Å². The lowest BCUT2D eigenvalue weighted by molar-refractivity contribution is 0.00501. The quantitative estimate of drug-likeness (QED) is 0.582. The molecule has 0 aliphatic rings. The first kappa shape index (κ1) is 11.5. The van der Waals surface area contributed by atoms with Gasteiger partial charge in [0.05, 0.1) is 6.61 Å². The summed E-state index contributed by atoms with van der Waals surface area (Å²) in [5.74, 6) is 0.611. The molecule has 3 heteroatoms. The molecule has 0 N–H and O–H groups in total. The molecule has 0 fully saturated rings. The van der Waals surface area contributed by atoms with Gasteiger partial charge in [0.2, 0.25) is 0 Å². The van der Waals surface area contributed by atoms with Crippen LogP contribution in [0.2, 0.25) is 0 Å². The highest BCUT2D eigenvalue weighted by molar-refractivity contribution is 5.29. The number of benzene rings is 2. The fourth-order valence-electron chi connectivity index (χ4n) is 1.38. The zero-order chi connectivity index (χ0) is 11.9. The van der Waals surface area contributed by atoms with Gasteiger partial charge in [-0.05, 0) is 29.8 Å². The number of hydrogen-bond donors (Lipinski definition) is 0. The lowest BCUT2D eigenvalue weighted by Crippen LogP contribution is -2.02. The van der Waals surface area contributed by atoms with Crippen molar-refractivity contribution in [1.82, 2.24) is 0 Å². The van der Waals surface area contributed by atoms with Gasteiger partial charge in [0.15, 0.2) is 12.5 Å². The van der Waals surface area contributed by atoms with Crippen LogP contribution in [0.15, 0.2) is 54.6 Å². The molecule has 0 aromatic heterocycles. The second kappa shape index (κ2) is 5.92. The molecule has 2 aromatic carbocycles. The smallest absolute Gasteiger partial charge is 0.189 e. The molecule has 3 nitrogen and oxygen atoms in total. The van der Waals surface area contributed by atoms with Crippen LogP contribution in [0, 0.1) is 0 Å². The zero-order valence-corrected chi connectivity index (χ0v) is 9.34. The van der Waals surface area contributed by atoms with Gasteiger partial charge in [-0.25, -0.2) is 0 Å². The average molecular weight is 229 g/mol. The Labute approximate surface area is 100 Å². The minimum atomic E-state index is -0.0254. The maximum absolute atomic E-state index is 10.8. The van der Waals surface area contributed by atoms with Crippen molar-refractivity contribution < 1.29 is 14.6 Å². The van der Waals surface area contributed by atoms with Crippen molar-refractivity contribution in [2.24, 2.45) is 0 Å². The molecule has 0 spiro atoms. The first-order valence-corrected chi connectivity index (χ1v) is 5.36. The first-order chi connectivity index (χ1) is 8.34. The van der Waals surface area contributed by atoms with E-state index in [2.05, 4.69) is 0 Å². The third-order valence-electron chi connectivity index (χ3n) is 2.24. The average Bonchev–Trinajstić information content (AvgIpc) is 2.38. The Bertz CT molecular complexity index is 437. The highest BCUT2D eigenvalue weighted by Gasteiger charge is 1.95. The van der Waals surface area contributed by atoms with Gasteiger partial charge in [-0.1, -0.05) is 30.3 Å². The Morgan fingerprint density at radius 3 is 2.29 bits per heavy atom. The summed E-state index contributed by atoms with van der Waals surface area (Å²) in [5.41, 5.74) is 1.10. The third-order valence-corrected chi connectivity index (χ3v) is 2.24. The van der Waals surface area contributed by atoms with Crippen molar-refractivity contribution in [1.29, 1.82) is 0 Å². The molecule has 0 bridgehead atoms. The largest absolute Gasteiger partial charge is 0.468 e. The van der Waals surface area contributed by atoms with Crippen LogP contribution in [-0.4, -0.2) is 6.79 Å². The van der Waals surface area contributed by atoms with E-state index in [1.807, 2.05) is 30.3 Å². The summed E-state index contributed by atoms with van der Waals surface area (Å²) in [4.78, 5) is 0. The zero-order valence-electron chi connectivity index (χ0n) is 9.34. The van der Waals surface area contributed by atoms with E-state index < -0.39 is 0 Å². The highest BCUT2D eigenvalue weighted by atomic mass is 16.7. The van der Waals surface area contributed by atoms with Crippen molar-refractivity contribution >= 4 is 0 Å². The van der Waals surface area contributed by atoms with Crippen LogP contribution in [0.25, 0.3) is 0 Å². The maximum Gasteiger partial charge on any atom is 0.189 e. The predicted octanol–water partition coefficient (Wildman–Crippen LogP) is 3.38. The summed E-state index contributed by atoms with van der Waals surface area (Å²) in [6.07, 6.45) is 0. The lowest BCUT2D eigenvalue weighted by atomic mass is 10.2. The van der Waals surface area contributed by atoms with Gasteiger partial charge in [-0.15, -0.1) is 0 Å². The molecule has 1 radical (unpaired) electrons. The fourth-order valence-corrected chi connectivity index (χ4v) is 1.38. The first-order valence-electron chi connectivity index (χ1n) is 5.36. The van der Waals surface area contributed by atoms with E-state index in [1.54, 1.807) is 12.1 Å². The molecule has 87 valence electrons. The van der Waals surface area contributed by atoms with Gasteiger partial charge in [0.25, 0.3) is 0 Å². The van der Waals surface area contributed by atoms with Crippen molar-refractivity contribution in [3.63, 3.8) is 0 Å². The van der Waals surface area contributed by atoms with Crippen molar-refractivity contribution in [3.05, 3.63) is 60.2 Å². The summed E-state index contributed by atoms with van der Waals surface area (Å²) in [7, 11) is 0. The fraction of sp³-hybridized carbons (Fsp3) is 0.143. The van der Waals surface area contributed by atoms with Crippen molar-refractivity contribution in [2.45, 2.75) is 6.61 Å². The lowest BCUT2D eigenvalue weighted by Gasteiger charge is -2.06. The van der Waals surface area contributed by atoms with Crippen LogP contribution in [-0.2, 0) is 16.5 Å². The van der Waals surface area contributed by atoms with E-state index in [0.717, 1.165) is 5.56 Å². The normalized spacial score (nSPS) is 10.1. The minimum Gasteiger partial charge on any atom is -0.468 e. The number of hydrogen-bond acceptors (Lipinski definition) is 2. The van der Waals surface area contributed by atoms with Crippen molar-refractivity contribution in [3.8, 4) is 11.5 Å². The molecule has 2 rings (SSSR count). The van der Waals surface area contributed by atoms with Crippen molar-refractivity contribution in [2.75, 3.05) is 6.79 Å².